The summed E-state index contributed by atoms with van der Waals surface area (Å²) in [6, 6.07) is 22.6. The van der Waals surface area contributed by atoms with Crippen LogP contribution in [0.15, 0.2) is 84.5 Å². The van der Waals surface area contributed by atoms with Crippen LogP contribution in [0.5, 0.6) is 0 Å². The van der Waals surface area contributed by atoms with Gasteiger partial charge in [-0.05, 0) is 111 Å². The second kappa shape index (κ2) is 11.2. The molecule has 3 aromatic carbocycles. The van der Waals surface area contributed by atoms with Gasteiger partial charge in [0.15, 0.2) is 0 Å². The number of nitrogens with zero attached hydrogens (tertiary/aromatic N) is 1. The van der Waals surface area contributed by atoms with Gasteiger partial charge in [0.25, 0.3) is 0 Å². The summed E-state index contributed by atoms with van der Waals surface area (Å²) in [6.07, 6.45) is 7.08. The molecule has 2 nitrogen and oxygen atoms in total. The zero-order chi connectivity index (χ0) is 25.8. The van der Waals surface area contributed by atoms with Gasteiger partial charge in [-0.2, -0.15) is 0 Å². The van der Waals surface area contributed by atoms with Crippen LogP contribution in [0.25, 0.3) is 11.1 Å². The fourth-order valence-electron chi connectivity index (χ4n) is 5.53. The summed E-state index contributed by atoms with van der Waals surface area (Å²) < 4.78 is 0. The molecule has 0 radical (unpaired) electrons. The first-order valence-electron chi connectivity index (χ1n) is 13.5. The number of aryl methyl sites for hydroxylation is 2. The van der Waals surface area contributed by atoms with Gasteiger partial charge >= 0.3 is 0 Å². The molecule has 3 aromatic rings. The van der Waals surface area contributed by atoms with Crippen LogP contribution in [0.2, 0.25) is 0 Å². The Hall–Kier alpha value is -3.26. The molecular weight excluding hydrogens is 436 g/mol. The smallest absolute Gasteiger partial charge is 0.0420 e. The zero-order valence-corrected chi connectivity index (χ0v) is 23.1. The number of hydrogen-bond acceptors (Lipinski definition) is 2. The molecule has 0 aliphatic heterocycles. The van der Waals surface area contributed by atoms with E-state index < -0.39 is 0 Å². The molecule has 188 valence electrons. The Morgan fingerprint density at radius 2 is 1.53 bits per heavy atom. The number of anilines is 3. The van der Waals surface area contributed by atoms with Crippen molar-refractivity contribution < 1.29 is 0 Å². The largest absolute Gasteiger partial charge is 0.372 e. The van der Waals surface area contributed by atoms with Gasteiger partial charge in [-0.25, -0.2) is 0 Å². The van der Waals surface area contributed by atoms with Crippen molar-refractivity contribution in [2.75, 3.05) is 23.3 Å². The van der Waals surface area contributed by atoms with E-state index in [0.29, 0.717) is 17.8 Å². The minimum Gasteiger partial charge on any atom is -0.372 e. The molecule has 4 rings (SSSR count). The molecule has 0 fully saturated rings. The normalized spacial score (nSPS) is 18.0. The maximum atomic E-state index is 3.73. The second-order valence-corrected chi connectivity index (χ2v) is 10.5. The standard InChI is InChI=1S/C34H42N2/c1-8-36(9-2)34-19-15-28(21-26(34)6)29-14-18-33(35-30-16-11-23(3)12-17-30)32(22-29)27(7)31-20-24(4)10-13-25(31)5/h10-22,25,27,31,35H,8-9H2,1-7H3. The Morgan fingerprint density at radius 1 is 0.861 bits per heavy atom. The Labute approximate surface area is 218 Å². The van der Waals surface area contributed by atoms with E-state index >= 15 is 0 Å². The summed E-state index contributed by atoms with van der Waals surface area (Å²) in [5, 5.41) is 3.73. The summed E-state index contributed by atoms with van der Waals surface area (Å²) in [5.41, 5.74) is 11.5. The van der Waals surface area contributed by atoms with E-state index in [9.17, 15) is 0 Å². The molecule has 0 amide bonds. The van der Waals surface area contributed by atoms with E-state index in [0.717, 1.165) is 18.8 Å². The van der Waals surface area contributed by atoms with Crippen molar-refractivity contribution in [3.05, 3.63) is 101 Å². The predicted octanol–water partition coefficient (Wildman–Crippen LogP) is 9.43. The zero-order valence-electron chi connectivity index (χ0n) is 23.1. The molecule has 1 N–H and O–H groups in total. The summed E-state index contributed by atoms with van der Waals surface area (Å²) in [6.45, 7) is 17.8. The minimum atomic E-state index is 0.379. The quantitative estimate of drug-likeness (QED) is 0.347. The number of benzene rings is 3. The lowest BCUT2D eigenvalue weighted by Gasteiger charge is -2.30. The van der Waals surface area contributed by atoms with E-state index in [-0.39, 0.29) is 0 Å². The Kier molecular flexibility index (Phi) is 8.04. The van der Waals surface area contributed by atoms with Crippen molar-refractivity contribution in [1.29, 1.82) is 0 Å². The third-order valence-corrected chi connectivity index (χ3v) is 7.81. The lowest BCUT2D eigenvalue weighted by atomic mass is 9.75. The lowest BCUT2D eigenvalue weighted by Crippen LogP contribution is -2.22. The molecule has 0 spiro atoms. The highest BCUT2D eigenvalue weighted by atomic mass is 15.1. The van der Waals surface area contributed by atoms with E-state index in [1.54, 1.807) is 0 Å². The van der Waals surface area contributed by atoms with Crippen molar-refractivity contribution >= 4 is 17.1 Å². The third-order valence-electron chi connectivity index (χ3n) is 7.81. The highest BCUT2D eigenvalue weighted by Crippen LogP contribution is 2.41. The van der Waals surface area contributed by atoms with Crippen molar-refractivity contribution in [3.8, 4) is 11.1 Å². The van der Waals surface area contributed by atoms with Crippen molar-refractivity contribution in [2.45, 2.75) is 54.4 Å². The topological polar surface area (TPSA) is 15.3 Å². The summed E-state index contributed by atoms with van der Waals surface area (Å²) >= 11 is 0. The molecule has 3 atom stereocenters. The van der Waals surface area contributed by atoms with Gasteiger partial charge in [0.2, 0.25) is 0 Å². The molecule has 1 aliphatic rings. The Morgan fingerprint density at radius 3 is 2.19 bits per heavy atom. The molecule has 1 aliphatic carbocycles. The predicted molar refractivity (Wildman–Crippen MR) is 159 cm³/mol. The lowest BCUT2D eigenvalue weighted by molar-refractivity contribution is 0.434. The maximum absolute atomic E-state index is 3.73. The van der Waals surface area contributed by atoms with Crippen LogP contribution in [0.1, 0.15) is 57.2 Å². The number of rotatable bonds is 8. The fourth-order valence-corrected chi connectivity index (χ4v) is 5.53. The molecule has 0 saturated carbocycles. The van der Waals surface area contributed by atoms with Crippen LogP contribution < -0.4 is 10.2 Å². The van der Waals surface area contributed by atoms with E-state index in [2.05, 4.69) is 138 Å². The summed E-state index contributed by atoms with van der Waals surface area (Å²) in [4.78, 5) is 2.42. The van der Waals surface area contributed by atoms with Crippen LogP contribution in [0, 0.1) is 25.7 Å². The van der Waals surface area contributed by atoms with E-state index in [1.165, 1.54) is 44.8 Å². The second-order valence-electron chi connectivity index (χ2n) is 10.5. The molecule has 0 heterocycles. The first-order valence-corrected chi connectivity index (χ1v) is 13.5. The molecule has 3 unspecified atom stereocenters. The number of nitrogens with one attached hydrogen (secondary N) is 1. The van der Waals surface area contributed by atoms with Crippen LogP contribution in [-0.2, 0) is 0 Å². The van der Waals surface area contributed by atoms with Gasteiger partial charge in [-0.3, -0.25) is 0 Å². The van der Waals surface area contributed by atoms with Crippen LogP contribution in [0.3, 0.4) is 0 Å². The van der Waals surface area contributed by atoms with Gasteiger partial charge in [-0.1, -0.05) is 67.5 Å². The summed E-state index contributed by atoms with van der Waals surface area (Å²) in [5.74, 6) is 1.36. The van der Waals surface area contributed by atoms with Gasteiger partial charge in [-0.15, -0.1) is 0 Å². The molecule has 0 aromatic heterocycles. The molecule has 2 heteroatoms. The number of hydrogen-bond donors (Lipinski definition) is 1. The van der Waals surface area contributed by atoms with Crippen LogP contribution >= 0.6 is 0 Å². The number of allylic oxidation sites excluding steroid dienone is 4. The van der Waals surface area contributed by atoms with Crippen molar-refractivity contribution in [3.63, 3.8) is 0 Å². The Balaban J connectivity index is 1.75. The summed E-state index contributed by atoms with van der Waals surface area (Å²) in [7, 11) is 0. The Bertz CT molecular complexity index is 1240. The minimum absolute atomic E-state index is 0.379. The first-order chi connectivity index (χ1) is 17.3. The first kappa shape index (κ1) is 25.8. The molecule has 0 saturated heterocycles. The van der Waals surface area contributed by atoms with E-state index in [1.807, 2.05) is 0 Å². The average Bonchev–Trinajstić information content (AvgIpc) is 2.88. The fraction of sp³-hybridized carbons (Fsp3) is 0.353. The van der Waals surface area contributed by atoms with Gasteiger partial charge < -0.3 is 10.2 Å². The SMILES string of the molecule is CCN(CC)c1ccc(-c2ccc(Nc3ccc(C)cc3)c(C(C)C3C=C(C)C=CC3C)c2)cc1C. The maximum Gasteiger partial charge on any atom is 0.0420 e. The highest BCUT2D eigenvalue weighted by Gasteiger charge is 2.26. The van der Waals surface area contributed by atoms with E-state index in [4.69, 9.17) is 0 Å². The van der Waals surface area contributed by atoms with Crippen molar-refractivity contribution in [1.82, 2.24) is 0 Å². The molecule has 0 bridgehead atoms. The van der Waals surface area contributed by atoms with Crippen molar-refractivity contribution in [2.24, 2.45) is 11.8 Å². The molecular formula is C34H42N2. The average molecular weight is 479 g/mol. The highest BCUT2D eigenvalue weighted by molar-refractivity contribution is 5.74. The monoisotopic (exact) mass is 478 g/mol. The third kappa shape index (κ3) is 5.59. The van der Waals surface area contributed by atoms with Gasteiger partial charge in [0, 0.05) is 30.2 Å². The van der Waals surface area contributed by atoms with Gasteiger partial charge in [0.1, 0.15) is 0 Å². The van der Waals surface area contributed by atoms with Gasteiger partial charge in [0.05, 0.1) is 0 Å². The molecule has 36 heavy (non-hydrogen) atoms. The van der Waals surface area contributed by atoms with Crippen LogP contribution in [0.4, 0.5) is 17.1 Å². The van der Waals surface area contributed by atoms with Crippen LogP contribution in [-0.4, -0.2) is 13.1 Å².